The molecule has 124 valence electrons. The highest BCUT2D eigenvalue weighted by molar-refractivity contribution is 6.42. The Morgan fingerprint density at radius 1 is 0.826 bits per heavy atom. The van der Waals surface area contributed by atoms with Gasteiger partial charge in [-0.05, 0) is 53.3 Å². The molecule has 0 amide bonds. The van der Waals surface area contributed by atoms with E-state index >= 15 is 0 Å². The molecule has 0 atom stereocenters. The smallest absolute Gasteiger partial charge is 0.0595 e. The SMILES string of the molecule is CC(C)(C)c1ccc(CNCCc2ccc(Cl)c(Cl)c2)cc1Cl. The van der Waals surface area contributed by atoms with E-state index in [0.717, 1.165) is 24.5 Å². The topological polar surface area (TPSA) is 12.0 Å². The number of hydrogen-bond acceptors (Lipinski definition) is 1. The number of nitrogens with one attached hydrogen (secondary N) is 1. The number of hydrogen-bond donors (Lipinski definition) is 1. The molecule has 2 aromatic carbocycles. The van der Waals surface area contributed by atoms with Gasteiger partial charge in [-0.15, -0.1) is 0 Å². The first-order valence-electron chi connectivity index (χ1n) is 7.71. The first-order valence-corrected chi connectivity index (χ1v) is 8.84. The second-order valence-corrected chi connectivity index (χ2v) is 7.96. The van der Waals surface area contributed by atoms with Crippen LogP contribution >= 0.6 is 34.8 Å². The molecule has 0 aliphatic rings. The zero-order chi connectivity index (χ0) is 17.0. The Kier molecular flexibility index (Phi) is 6.39. The van der Waals surface area contributed by atoms with Gasteiger partial charge in [-0.1, -0.05) is 73.8 Å². The molecule has 0 heterocycles. The molecule has 0 aromatic heterocycles. The highest BCUT2D eigenvalue weighted by Crippen LogP contribution is 2.30. The first kappa shape index (κ1) is 18.6. The second kappa shape index (κ2) is 7.90. The van der Waals surface area contributed by atoms with Crippen molar-refractivity contribution in [3.8, 4) is 0 Å². The summed E-state index contributed by atoms with van der Waals surface area (Å²) in [5, 5.41) is 5.47. The summed E-state index contributed by atoms with van der Waals surface area (Å²) < 4.78 is 0. The van der Waals surface area contributed by atoms with Crippen LogP contribution in [0.4, 0.5) is 0 Å². The molecule has 0 bridgehead atoms. The molecular formula is C19H22Cl3N. The molecule has 4 heteroatoms. The third kappa shape index (κ3) is 5.39. The average Bonchev–Trinajstić information content (AvgIpc) is 2.46. The molecule has 0 radical (unpaired) electrons. The molecule has 2 aromatic rings. The molecule has 0 saturated carbocycles. The Labute approximate surface area is 154 Å². The van der Waals surface area contributed by atoms with E-state index in [2.05, 4.69) is 38.2 Å². The summed E-state index contributed by atoms with van der Waals surface area (Å²) in [4.78, 5) is 0. The largest absolute Gasteiger partial charge is 0.312 e. The maximum absolute atomic E-state index is 6.40. The lowest BCUT2D eigenvalue weighted by Crippen LogP contribution is -2.17. The summed E-state index contributed by atoms with van der Waals surface area (Å²) >= 11 is 18.3. The van der Waals surface area contributed by atoms with Crippen molar-refractivity contribution in [1.82, 2.24) is 5.32 Å². The molecule has 1 N–H and O–H groups in total. The summed E-state index contributed by atoms with van der Waals surface area (Å²) in [7, 11) is 0. The maximum atomic E-state index is 6.40. The van der Waals surface area contributed by atoms with E-state index in [-0.39, 0.29) is 5.41 Å². The zero-order valence-electron chi connectivity index (χ0n) is 13.7. The lowest BCUT2D eigenvalue weighted by molar-refractivity contribution is 0.589. The van der Waals surface area contributed by atoms with Crippen LogP contribution in [0.1, 0.15) is 37.5 Å². The van der Waals surface area contributed by atoms with Gasteiger partial charge >= 0.3 is 0 Å². The van der Waals surface area contributed by atoms with E-state index < -0.39 is 0 Å². The standard InChI is InChI=1S/C19H22Cl3N/c1-19(2,3)15-6-4-14(11-17(15)21)12-23-9-8-13-5-7-16(20)18(22)10-13/h4-7,10-11,23H,8-9,12H2,1-3H3. The third-order valence-electron chi connectivity index (χ3n) is 3.75. The van der Waals surface area contributed by atoms with Crippen LogP contribution in [0.3, 0.4) is 0 Å². The van der Waals surface area contributed by atoms with Crippen LogP contribution in [0, 0.1) is 0 Å². The molecular weight excluding hydrogens is 349 g/mol. The monoisotopic (exact) mass is 369 g/mol. The van der Waals surface area contributed by atoms with Crippen molar-refractivity contribution < 1.29 is 0 Å². The molecule has 2 rings (SSSR count). The molecule has 0 aliphatic carbocycles. The summed E-state index contributed by atoms with van der Waals surface area (Å²) in [5.74, 6) is 0. The van der Waals surface area contributed by atoms with Crippen LogP contribution in [-0.4, -0.2) is 6.54 Å². The van der Waals surface area contributed by atoms with Gasteiger partial charge in [-0.2, -0.15) is 0 Å². The van der Waals surface area contributed by atoms with Crippen LogP contribution in [-0.2, 0) is 18.4 Å². The van der Waals surface area contributed by atoms with E-state index in [1.807, 2.05) is 24.3 Å². The predicted octanol–water partition coefficient (Wildman–Crippen LogP) is 6.28. The van der Waals surface area contributed by atoms with Crippen molar-refractivity contribution in [1.29, 1.82) is 0 Å². The lowest BCUT2D eigenvalue weighted by atomic mass is 9.86. The van der Waals surface area contributed by atoms with Gasteiger partial charge in [0.15, 0.2) is 0 Å². The van der Waals surface area contributed by atoms with E-state index in [4.69, 9.17) is 34.8 Å². The van der Waals surface area contributed by atoms with Crippen LogP contribution in [0.2, 0.25) is 15.1 Å². The molecule has 23 heavy (non-hydrogen) atoms. The molecule has 0 fully saturated rings. The van der Waals surface area contributed by atoms with Crippen LogP contribution < -0.4 is 5.32 Å². The van der Waals surface area contributed by atoms with Gasteiger partial charge in [-0.3, -0.25) is 0 Å². The predicted molar refractivity (Wildman–Crippen MR) is 102 cm³/mol. The highest BCUT2D eigenvalue weighted by Gasteiger charge is 2.17. The normalized spacial score (nSPS) is 11.7. The summed E-state index contributed by atoms with van der Waals surface area (Å²) in [6, 6.07) is 12.1. The van der Waals surface area contributed by atoms with Crippen molar-refractivity contribution in [2.75, 3.05) is 6.54 Å². The molecule has 0 aliphatic heterocycles. The molecule has 0 saturated heterocycles. The van der Waals surface area contributed by atoms with Crippen molar-refractivity contribution in [2.24, 2.45) is 0 Å². The molecule has 0 unspecified atom stereocenters. The minimum absolute atomic E-state index is 0.0664. The van der Waals surface area contributed by atoms with Crippen molar-refractivity contribution >= 4 is 34.8 Å². The molecule has 1 nitrogen and oxygen atoms in total. The summed E-state index contributed by atoms with van der Waals surface area (Å²) in [6.07, 6.45) is 0.907. The average molecular weight is 371 g/mol. The Balaban J connectivity index is 1.87. The van der Waals surface area contributed by atoms with Crippen LogP contribution in [0.15, 0.2) is 36.4 Å². The molecule has 0 spiro atoms. The van der Waals surface area contributed by atoms with Crippen LogP contribution in [0.25, 0.3) is 0 Å². The van der Waals surface area contributed by atoms with E-state index in [1.165, 1.54) is 16.7 Å². The van der Waals surface area contributed by atoms with Gasteiger partial charge in [0.25, 0.3) is 0 Å². The lowest BCUT2D eigenvalue weighted by Gasteiger charge is -2.21. The minimum Gasteiger partial charge on any atom is -0.312 e. The van der Waals surface area contributed by atoms with E-state index in [9.17, 15) is 0 Å². The minimum atomic E-state index is 0.0664. The van der Waals surface area contributed by atoms with Gasteiger partial charge in [0.1, 0.15) is 0 Å². The first-order chi connectivity index (χ1) is 10.8. The van der Waals surface area contributed by atoms with Gasteiger partial charge in [-0.25, -0.2) is 0 Å². The van der Waals surface area contributed by atoms with Gasteiger partial charge in [0.05, 0.1) is 10.0 Å². The Morgan fingerprint density at radius 2 is 1.48 bits per heavy atom. The number of rotatable bonds is 5. The van der Waals surface area contributed by atoms with Crippen molar-refractivity contribution in [3.05, 3.63) is 68.2 Å². The highest BCUT2D eigenvalue weighted by atomic mass is 35.5. The van der Waals surface area contributed by atoms with E-state index in [0.29, 0.717) is 10.0 Å². The van der Waals surface area contributed by atoms with Crippen molar-refractivity contribution in [2.45, 2.75) is 39.2 Å². The third-order valence-corrected chi connectivity index (χ3v) is 4.80. The van der Waals surface area contributed by atoms with Gasteiger partial charge in [0, 0.05) is 11.6 Å². The van der Waals surface area contributed by atoms with Crippen molar-refractivity contribution in [3.63, 3.8) is 0 Å². The van der Waals surface area contributed by atoms with Gasteiger partial charge in [0.2, 0.25) is 0 Å². The number of halogens is 3. The summed E-state index contributed by atoms with van der Waals surface area (Å²) in [6.45, 7) is 8.18. The second-order valence-electron chi connectivity index (χ2n) is 6.74. The Hall–Kier alpha value is -0.730. The quantitative estimate of drug-likeness (QED) is 0.611. The maximum Gasteiger partial charge on any atom is 0.0595 e. The zero-order valence-corrected chi connectivity index (χ0v) is 16.0. The fourth-order valence-corrected chi connectivity index (χ4v) is 3.24. The Bertz CT molecular complexity index is 675. The Morgan fingerprint density at radius 3 is 2.09 bits per heavy atom. The fourth-order valence-electron chi connectivity index (χ4n) is 2.44. The summed E-state index contributed by atoms with van der Waals surface area (Å²) in [5.41, 5.74) is 3.61. The van der Waals surface area contributed by atoms with Gasteiger partial charge < -0.3 is 5.32 Å². The fraction of sp³-hybridized carbons (Fsp3) is 0.368. The number of benzene rings is 2. The van der Waals surface area contributed by atoms with E-state index in [1.54, 1.807) is 0 Å². The van der Waals surface area contributed by atoms with Crippen LogP contribution in [0.5, 0.6) is 0 Å².